The van der Waals surface area contributed by atoms with E-state index < -0.39 is 0 Å². The fourth-order valence-corrected chi connectivity index (χ4v) is 2.35. The average molecular weight is 301 g/mol. The Balaban J connectivity index is 2.05. The van der Waals surface area contributed by atoms with Crippen molar-refractivity contribution in [2.75, 3.05) is 12.4 Å². The molecular formula is C16H13ClN2O2. The van der Waals surface area contributed by atoms with Crippen molar-refractivity contribution in [3.63, 3.8) is 0 Å². The van der Waals surface area contributed by atoms with E-state index in [1.807, 2.05) is 24.3 Å². The highest BCUT2D eigenvalue weighted by molar-refractivity contribution is 6.31. The summed E-state index contributed by atoms with van der Waals surface area (Å²) in [6, 6.07) is 12.7. The Morgan fingerprint density at radius 1 is 1.19 bits per heavy atom. The highest BCUT2D eigenvalue weighted by atomic mass is 35.5. The van der Waals surface area contributed by atoms with Crippen LogP contribution in [0, 0.1) is 0 Å². The predicted octanol–water partition coefficient (Wildman–Crippen LogP) is 3.81. The molecule has 1 heterocycles. The van der Waals surface area contributed by atoms with Gasteiger partial charge in [-0.3, -0.25) is 9.79 Å². The largest absolute Gasteiger partial charge is 0.497 e. The van der Waals surface area contributed by atoms with Crippen LogP contribution in [0.1, 0.15) is 12.0 Å². The topological polar surface area (TPSA) is 50.7 Å². The molecule has 1 amide bonds. The molecule has 0 aliphatic carbocycles. The lowest BCUT2D eigenvalue weighted by Crippen LogP contribution is -2.14. The van der Waals surface area contributed by atoms with Gasteiger partial charge in [0.2, 0.25) is 5.91 Å². The zero-order chi connectivity index (χ0) is 14.8. The molecule has 0 unspecified atom stereocenters. The maximum atomic E-state index is 12.0. The summed E-state index contributed by atoms with van der Waals surface area (Å²) in [6.45, 7) is 0. The molecule has 0 saturated heterocycles. The molecule has 1 aliphatic heterocycles. The Kier molecular flexibility index (Phi) is 3.62. The smallest absolute Gasteiger partial charge is 0.230 e. The molecule has 3 rings (SSSR count). The van der Waals surface area contributed by atoms with Gasteiger partial charge >= 0.3 is 0 Å². The molecule has 0 spiro atoms. The van der Waals surface area contributed by atoms with E-state index in [2.05, 4.69) is 10.3 Å². The number of anilines is 1. The van der Waals surface area contributed by atoms with E-state index in [4.69, 9.17) is 16.3 Å². The van der Waals surface area contributed by atoms with E-state index in [1.165, 1.54) is 0 Å². The summed E-state index contributed by atoms with van der Waals surface area (Å²) in [5, 5.41) is 3.42. The van der Waals surface area contributed by atoms with Crippen LogP contribution in [-0.2, 0) is 4.79 Å². The van der Waals surface area contributed by atoms with Crippen LogP contribution in [-0.4, -0.2) is 18.7 Å². The van der Waals surface area contributed by atoms with E-state index in [9.17, 15) is 4.79 Å². The van der Waals surface area contributed by atoms with Crippen molar-refractivity contribution in [2.24, 2.45) is 4.99 Å². The molecular weight excluding hydrogens is 288 g/mol. The Morgan fingerprint density at radius 2 is 1.95 bits per heavy atom. The number of aliphatic imine (C=N–C) groups is 1. The molecule has 0 fully saturated rings. The first-order valence-corrected chi connectivity index (χ1v) is 6.85. The van der Waals surface area contributed by atoms with Gasteiger partial charge < -0.3 is 10.1 Å². The van der Waals surface area contributed by atoms with Gasteiger partial charge in [0.1, 0.15) is 5.75 Å². The molecule has 1 aliphatic rings. The lowest BCUT2D eigenvalue weighted by Gasteiger charge is -2.05. The minimum atomic E-state index is -0.0920. The Hall–Kier alpha value is -2.33. The number of halogens is 1. The maximum Gasteiger partial charge on any atom is 0.230 e. The van der Waals surface area contributed by atoms with Crippen LogP contribution in [0.4, 0.5) is 11.4 Å². The van der Waals surface area contributed by atoms with Crippen LogP contribution < -0.4 is 10.1 Å². The SMILES string of the molecule is COc1ccc(C2=Nc3cc(Cl)ccc3NC(=O)C2)cc1. The normalized spacial score (nSPS) is 13.8. The number of fused-ring (bicyclic) bond motifs is 1. The van der Waals surface area contributed by atoms with Crippen molar-refractivity contribution in [1.82, 2.24) is 0 Å². The maximum absolute atomic E-state index is 12.0. The Bertz CT molecular complexity index is 724. The molecule has 4 nitrogen and oxygen atoms in total. The van der Waals surface area contributed by atoms with Crippen molar-refractivity contribution in [3.05, 3.63) is 53.1 Å². The van der Waals surface area contributed by atoms with E-state index in [0.717, 1.165) is 11.3 Å². The van der Waals surface area contributed by atoms with Gasteiger partial charge in [-0.1, -0.05) is 11.6 Å². The summed E-state index contributed by atoms with van der Waals surface area (Å²) in [6.07, 6.45) is 0.221. The first-order chi connectivity index (χ1) is 10.2. The van der Waals surface area contributed by atoms with Crippen LogP contribution in [0.2, 0.25) is 5.02 Å². The minimum Gasteiger partial charge on any atom is -0.497 e. The number of ether oxygens (including phenoxy) is 1. The van der Waals surface area contributed by atoms with Crippen LogP contribution in [0.5, 0.6) is 5.75 Å². The molecule has 106 valence electrons. The van der Waals surface area contributed by atoms with Crippen LogP contribution in [0.25, 0.3) is 0 Å². The number of methoxy groups -OCH3 is 1. The first-order valence-electron chi connectivity index (χ1n) is 6.47. The number of carbonyl (C=O) groups excluding carboxylic acids is 1. The fraction of sp³-hybridized carbons (Fsp3) is 0.125. The first kappa shape index (κ1) is 13.6. The third-order valence-electron chi connectivity index (χ3n) is 3.24. The van der Waals surface area contributed by atoms with E-state index in [-0.39, 0.29) is 12.3 Å². The van der Waals surface area contributed by atoms with Gasteiger partial charge in [-0.05, 0) is 48.0 Å². The zero-order valence-corrected chi connectivity index (χ0v) is 12.1. The molecule has 0 radical (unpaired) electrons. The minimum absolute atomic E-state index is 0.0920. The summed E-state index contributed by atoms with van der Waals surface area (Å²) in [7, 11) is 1.61. The second-order valence-corrected chi connectivity index (χ2v) is 5.11. The molecule has 2 aromatic carbocycles. The molecule has 0 atom stereocenters. The number of nitrogens with zero attached hydrogens (tertiary/aromatic N) is 1. The average Bonchev–Trinajstić information content (AvgIpc) is 2.65. The van der Waals surface area contributed by atoms with Gasteiger partial charge in [0.05, 0.1) is 30.6 Å². The fourth-order valence-electron chi connectivity index (χ4n) is 2.18. The second-order valence-electron chi connectivity index (χ2n) is 4.67. The van der Waals surface area contributed by atoms with Crippen molar-refractivity contribution in [2.45, 2.75) is 6.42 Å². The summed E-state index contributed by atoms with van der Waals surface area (Å²) >= 11 is 6.00. The van der Waals surface area contributed by atoms with E-state index in [1.54, 1.807) is 25.3 Å². The standard InChI is InChI=1S/C16H13ClN2O2/c1-21-12-5-2-10(3-6-12)14-9-16(20)19-13-7-4-11(17)8-15(13)18-14/h2-8H,9H2,1H3,(H,19,20). The molecule has 5 heteroatoms. The summed E-state index contributed by atoms with van der Waals surface area (Å²) < 4.78 is 5.14. The Morgan fingerprint density at radius 3 is 2.67 bits per heavy atom. The summed E-state index contributed by atoms with van der Waals surface area (Å²) in [5.41, 5.74) is 2.93. The lowest BCUT2D eigenvalue weighted by atomic mass is 10.1. The van der Waals surface area contributed by atoms with Gasteiger partial charge in [-0.2, -0.15) is 0 Å². The molecule has 0 saturated carbocycles. The number of hydrogen-bond acceptors (Lipinski definition) is 3. The van der Waals surface area contributed by atoms with Gasteiger partial charge in [0.15, 0.2) is 0 Å². The van der Waals surface area contributed by atoms with Crippen molar-refractivity contribution >= 4 is 34.6 Å². The van der Waals surface area contributed by atoms with Gasteiger partial charge in [0.25, 0.3) is 0 Å². The van der Waals surface area contributed by atoms with E-state index >= 15 is 0 Å². The third kappa shape index (κ3) is 2.90. The summed E-state index contributed by atoms with van der Waals surface area (Å²) in [4.78, 5) is 16.6. The summed E-state index contributed by atoms with van der Waals surface area (Å²) in [5.74, 6) is 0.673. The number of hydrogen-bond donors (Lipinski definition) is 1. The van der Waals surface area contributed by atoms with Gasteiger partial charge in [-0.15, -0.1) is 0 Å². The third-order valence-corrected chi connectivity index (χ3v) is 3.48. The number of rotatable bonds is 2. The van der Waals surface area contributed by atoms with E-state index in [0.29, 0.717) is 22.1 Å². The van der Waals surface area contributed by atoms with Crippen molar-refractivity contribution in [1.29, 1.82) is 0 Å². The number of amides is 1. The van der Waals surface area contributed by atoms with Crippen molar-refractivity contribution in [3.8, 4) is 5.75 Å². The quantitative estimate of drug-likeness (QED) is 0.917. The lowest BCUT2D eigenvalue weighted by molar-refractivity contribution is -0.115. The molecule has 21 heavy (non-hydrogen) atoms. The number of carbonyl (C=O) groups is 1. The molecule has 0 aromatic heterocycles. The van der Waals surface area contributed by atoms with Crippen LogP contribution >= 0.6 is 11.6 Å². The highest BCUT2D eigenvalue weighted by Gasteiger charge is 2.17. The van der Waals surface area contributed by atoms with Gasteiger partial charge in [0, 0.05) is 5.02 Å². The zero-order valence-electron chi connectivity index (χ0n) is 11.4. The van der Waals surface area contributed by atoms with Gasteiger partial charge in [-0.25, -0.2) is 0 Å². The number of benzene rings is 2. The molecule has 1 N–H and O–H groups in total. The molecule has 0 bridgehead atoms. The van der Waals surface area contributed by atoms with Crippen LogP contribution in [0.15, 0.2) is 47.5 Å². The second kappa shape index (κ2) is 5.58. The Labute approximate surface area is 127 Å². The number of nitrogens with one attached hydrogen (secondary N) is 1. The monoisotopic (exact) mass is 300 g/mol. The highest BCUT2D eigenvalue weighted by Crippen LogP contribution is 2.31. The van der Waals surface area contributed by atoms with Crippen LogP contribution in [0.3, 0.4) is 0 Å². The van der Waals surface area contributed by atoms with Crippen molar-refractivity contribution < 1.29 is 9.53 Å². The molecule has 2 aromatic rings. The predicted molar refractivity (Wildman–Crippen MR) is 83.9 cm³/mol.